The second-order valence-electron chi connectivity index (χ2n) is 8.11. The largest absolute Gasteiger partial charge is 0.337 e. The number of piperazine rings is 1. The third-order valence-electron chi connectivity index (χ3n) is 5.20. The summed E-state index contributed by atoms with van der Waals surface area (Å²) in [6, 6.07) is 18.9. The lowest BCUT2D eigenvalue weighted by molar-refractivity contribution is -0.127. The Kier molecular flexibility index (Phi) is 7.83. The number of hydrogen-bond donors (Lipinski definition) is 0. The van der Waals surface area contributed by atoms with Crippen molar-refractivity contribution in [3.8, 4) is 0 Å². The van der Waals surface area contributed by atoms with E-state index in [1.54, 1.807) is 6.08 Å². The van der Waals surface area contributed by atoms with Crippen LogP contribution in [0.25, 0.3) is 12.2 Å². The molecule has 2 aromatic carbocycles. The van der Waals surface area contributed by atoms with E-state index in [1.165, 1.54) is 11.1 Å². The molecule has 0 N–H and O–H groups in total. The molecule has 0 bridgehead atoms. The molecule has 0 spiro atoms. The van der Waals surface area contributed by atoms with Gasteiger partial charge in [-0.3, -0.25) is 9.69 Å². The van der Waals surface area contributed by atoms with Gasteiger partial charge in [0, 0.05) is 38.8 Å². The number of carbonyl (C=O) groups excluding carboxylic acids is 1. The van der Waals surface area contributed by atoms with E-state index in [4.69, 9.17) is 0 Å². The lowest BCUT2D eigenvalue weighted by Crippen LogP contribution is -2.48. The first-order valence-electron chi connectivity index (χ1n) is 10.6. The van der Waals surface area contributed by atoms with Crippen LogP contribution in [0.1, 0.15) is 30.5 Å². The predicted molar refractivity (Wildman–Crippen MR) is 123 cm³/mol. The molecule has 0 radical (unpaired) electrons. The zero-order chi connectivity index (χ0) is 20.5. The molecule has 1 aliphatic rings. The summed E-state index contributed by atoms with van der Waals surface area (Å²) < 4.78 is 0. The molecule has 0 aliphatic carbocycles. The molecular formula is C26H32N2O. The minimum atomic E-state index is 0.107. The van der Waals surface area contributed by atoms with Crippen LogP contribution in [-0.2, 0) is 11.2 Å². The molecular weight excluding hydrogens is 356 g/mol. The van der Waals surface area contributed by atoms with Crippen LogP contribution in [0.4, 0.5) is 0 Å². The van der Waals surface area contributed by atoms with Crippen LogP contribution in [-0.4, -0.2) is 48.4 Å². The van der Waals surface area contributed by atoms with Crippen molar-refractivity contribution in [3.63, 3.8) is 0 Å². The monoisotopic (exact) mass is 388 g/mol. The molecule has 0 unspecified atom stereocenters. The van der Waals surface area contributed by atoms with Crippen molar-refractivity contribution in [2.75, 3.05) is 32.7 Å². The smallest absolute Gasteiger partial charge is 0.246 e. The first-order valence-corrected chi connectivity index (χ1v) is 10.6. The summed E-state index contributed by atoms with van der Waals surface area (Å²) in [7, 11) is 0. The van der Waals surface area contributed by atoms with Crippen LogP contribution in [0.15, 0.2) is 66.7 Å². The molecule has 0 saturated carbocycles. The third-order valence-corrected chi connectivity index (χ3v) is 5.20. The fourth-order valence-electron chi connectivity index (χ4n) is 3.56. The summed E-state index contributed by atoms with van der Waals surface area (Å²) in [5.41, 5.74) is 3.65. The van der Waals surface area contributed by atoms with Gasteiger partial charge in [0.15, 0.2) is 0 Å². The molecule has 0 atom stereocenters. The second kappa shape index (κ2) is 10.8. The third kappa shape index (κ3) is 7.03. The van der Waals surface area contributed by atoms with Gasteiger partial charge in [-0.15, -0.1) is 0 Å². The van der Waals surface area contributed by atoms with Crippen molar-refractivity contribution in [1.29, 1.82) is 0 Å². The van der Waals surface area contributed by atoms with Gasteiger partial charge in [0.25, 0.3) is 0 Å². The molecule has 1 aliphatic heterocycles. The summed E-state index contributed by atoms with van der Waals surface area (Å²) in [5.74, 6) is 0.765. The van der Waals surface area contributed by atoms with E-state index in [2.05, 4.69) is 79.4 Å². The fourth-order valence-corrected chi connectivity index (χ4v) is 3.56. The van der Waals surface area contributed by atoms with E-state index < -0.39 is 0 Å². The summed E-state index contributed by atoms with van der Waals surface area (Å²) in [6.45, 7) is 8.80. The van der Waals surface area contributed by atoms with Crippen LogP contribution in [0.3, 0.4) is 0 Å². The predicted octanol–water partition coefficient (Wildman–Crippen LogP) is 4.76. The Balaban J connectivity index is 1.42. The summed E-state index contributed by atoms with van der Waals surface area (Å²) in [5, 5.41) is 0. The van der Waals surface area contributed by atoms with Crippen molar-refractivity contribution in [2.45, 2.75) is 20.3 Å². The number of benzene rings is 2. The molecule has 1 saturated heterocycles. The first kappa shape index (κ1) is 21.1. The van der Waals surface area contributed by atoms with Gasteiger partial charge in [-0.2, -0.15) is 0 Å². The van der Waals surface area contributed by atoms with Gasteiger partial charge in [-0.25, -0.2) is 0 Å². The van der Waals surface area contributed by atoms with Crippen molar-refractivity contribution in [1.82, 2.24) is 9.80 Å². The molecule has 152 valence electrons. The Morgan fingerprint density at radius 3 is 2.21 bits per heavy atom. The van der Waals surface area contributed by atoms with Gasteiger partial charge in [0.1, 0.15) is 0 Å². The molecule has 29 heavy (non-hydrogen) atoms. The van der Waals surface area contributed by atoms with Crippen LogP contribution in [0.5, 0.6) is 0 Å². The Hall–Kier alpha value is -2.65. The lowest BCUT2D eigenvalue weighted by Gasteiger charge is -2.33. The van der Waals surface area contributed by atoms with Gasteiger partial charge >= 0.3 is 0 Å². The maximum absolute atomic E-state index is 12.5. The van der Waals surface area contributed by atoms with Crippen LogP contribution < -0.4 is 0 Å². The second-order valence-corrected chi connectivity index (χ2v) is 8.11. The van der Waals surface area contributed by atoms with Crippen LogP contribution >= 0.6 is 0 Å². The molecule has 1 amide bonds. The molecule has 1 heterocycles. The van der Waals surface area contributed by atoms with Crippen LogP contribution in [0.2, 0.25) is 0 Å². The minimum Gasteiger partial charge on any atom is -0.337 e. The minimum absolute atomic E-state index is 0.107. The Bertz CT molecular complexity index is 814. The van der Waals surface area contributed by atoms with Crippen molar-refractivity contribution in [3.05, 3.63) is 83.4 Å². The van der Waals surface area contributed by atoms with E-state index in [0.29, 0.717) is 5.92 Å². The normalized spacial score (nSPS) is 15.6. The van der Waals surface area contributed by atoms with E-state index in [9.17, 15) is 4.79 Å². The maximum Gasteiger partial charge on any atom is 0.246 e. The van der Waals surface area contributed by atoms with E-state index in [0.717, 1.165) is 44.7 Å². The van der Waals surface area contributed by atoms with Crippen molar-refractivity contribution in [2.24, 2.45) is 5.92 Å². The summed E-state index contributed by atoms with van der Waals surface area (Å²) in [6.07, 6.45) is 9.09. The maximum atomic E-state index is 12.5. The van der Waals surface area contributed by atoms with Gasteiger partial charge in [-0.1, -0.05) is 80.6 Å². The van der Waals surface area contributed by atoms with Gasteiger partial charge in [0.2, 0.25) is 5.91 Å². The standard InChI is InChI=1S/C26H32N2O/c1-22(2)21-25-12-10-24(11-13-25)14-15-26(29)28-19-17-27(18-20-28)16-6-9-23-7-4-3-5-8-23/h3-15,22H,16-21H2,1-2H3. The SMILES string of the molecule is CC(C)Cc1ccc(C=CC(=O)N2CCN(CC=Cc3ccccc3)CC2)cc1. The van der Waals surface area contributed by atoms with E-state index in [1.807, 2.05) is 17.0 Å². The first-order chi connectivity index (χ1) is 14.1. The fraction of sp³-hybridized carbons (Fsp3) is 0.346. The molecule has 3 heteroatoms. The highest BCUT2D eigenvalue weighted by atomic mass is 16.2. The van der Waals surface area contributed by atoms with Gasteiger partial charge in [0.05, 0.1) is 0 Å². The number of carbonyl (C=O) groups is 1. The molecule has 0 aromatic heterocycles. The number of hydrogen-bond acceptors (Lipinski definition) is 2. The Labute approximate surface area is 175 Å². The summed E-state index contributed by atoms with van der Waals surface area (Å²) >= 11 is 0. The highest BCUT2D eigenvalue weighted by Crippen LogP contribution is 2.11. The average molecular weight is 389 g/mol. The van der Waals surface area contributed by atoms with Gasteiger partial charge in [-0.05, 0) is 35.1 Å². The average Bonchev–Trinajstić information content (AvgIpc) is 2.74. The summed E-state index contributed by atoms with van der Waals surface area (Å²) in [4.78, 5) is 16.8. The van der Waals surface area contributed by atoms with Crippen molar-refractivity contribution >= 4 is 18.1 Å². The number of rotatable bonds is 7. The van der Waals surface area contributed by atoms with Crippen molar-refractivity contribution < 1.29 is 4.79 Å². The highest BCUT2D eigenvalue weighted by Gasteiger charge is 2.18. The quantitative estimate of drug-likeness (QED) is 0.639. The lowest BCUT2D eigenvalue weighted by atomic mass is 10.0. The number of amides is 1. The Morgan fingerprint density at radius 1 is 0.897 bits per heavy atom. The van der Waals surface area contributed by atoms with Crippen LogP contribution in [0, 0.1) is 5.92 Å². The molecule has 3 nitrogen and oxygen atoms in total. The Morgan fingerprint density at radius 2 is 1.55 bits per heavy atom. The molecule has 1 fully saturated rings. The molecule has 2 aromatic rings. The number of nitrogens with zero attached hydrogens (tertiary/aromatic N) is 2. The van der Waals surface area contributed by atoms with E-state index in [-0.39, 0.29) is 5.91 Å². The zero-order valence-corrected chi connectivity index (χ0v) is 17.6. The molecule has 3 rings (SSSR count). The van der Waals surface area contributed by atoms with Gasteiger partial charge < -0.3 is 4.90 Å². The zero-order valence-electron chi connectivity index (χ0n) is 17.6. The topological polar surface area (TPSA) is 23.6 Å². The highest BCUT2D eigenvalue weighted by molar-refractivity contribution is 5.91. The van der Waals surface area contributed by atoms with E-state index >= 15 is 0 Å².